The molecule has 114 valence electrons. The van der Waals surface area contributed by atoms with Crippen molar-refractivity contribution in [3.05, 3.63) is 0 Å². The van der Waals surface area contributed by atoms with Crippen LogP contribution in [0.15, 0.2) is 0 Å². The lowest BCUT2D eigenvalue weighted by molar-refractivity contribution is -0.158. The molecule has 1 aliphatic rings. The Labute approximate surface area is 117 Å². The molecule has 1 rings (SSSR count). The average molecular weight is 288 g/mol. The topological polar surface area (TPSA) is 96.4 Å². The highest BCUT2D eigenvalue weighted by molar-refractivity contribution is 5.83. The van der Waals surface area contributed by atoms with Crippen LogP contribution in [-0.4, -0.2) is 78.9 Å². The maximum atomic E-state index is 12.2. The smallest absolute Gasteiger partial charge is 0.336 e. The third kappa shape index (κ3) is 3.60. The number of ether oxygens (including phenoxy) is 2. The van der Waals surface area contributed by atoms with Crippen molar-refractivity contribution in [2.45, 2.75) is 25.5 Å². The zero-order valence-electron chi connectivity index (χ0n) is 11.9. The molecule has 1 N–H and O–H groups in total. The van der Waals surface area contributed by atoms with Crippen molar-refractivity contribution in [3.63, 3.8) is 0 Å². The zero-order chi connectivity index (χ0) is 15.3. The van der Waals surface area contributed by atoms with Crippen LogP contribution in [-0.2, 0) is 19.1 Å². The second kappa shape index (κ2) is 7.09. The van der Waals surface area contributed by atoms with Crippen molar-refractivity contribution in [1.29, 1.82) is 0 Å². The molecular weight excluding hydrogens is 268 g/mol. The highest BCUT2D eigenvalue weighted by atomic mass is 16.6. The van der Waals surface area contributed by atoms with E-state index in [-0.39, 0.29) is 13.2 Å². The van der Waals surface area contributed by atoms with Gasteiger partial charge in [-0.05, 0) is 6.42 Å². The van der Waals surface area contributed by atoms with E-state index in [1.54, 1.807) is 6.92 Å². The number of aliphatic carboxylic acids is 1. The molecule has 0 bridgehead atoms. The number of urea groups is 1. The first-order valence-corrected chi connectivity index (χ1v) is 6.36. The van der Waals surface area contributed by atoms with Gasteiger partial charge in [-0.15, -0.1) is 0 Å². The van der Waals surface area contributed by atoms with E-state index >= 15 is 0 Å². The number of carbonyl (C=O) groups excluding carboxylic acids is 2. The summed E-state index contributed by atoms with van der Waals surface area (Å²) in [7, 11) is 2.68. The van der Waals surface area contributed by atoms with Crippen molar-refractivity contribution in [2.75, 3.05) is 33.9 Å². The molecule has 0 aromatic rings. The molecule has 0 spiro atoms. The number of esters is 1. The molecule has 2 unspecified atom stereocenters. The maximum Gasteiger partial charge on any atom is 0.336 e. The van der Waals surface area contributed by atoms with Crippen LogP contribution in [0.5, 0.6) is 0 Å². The van der Waals surface area contributed by atoms with Crippen LogP contribution in [0.25, 0.3) is 0 Å². The number of hydrogen-bond donors (Lipinski definition) is 1. The minimum absolute atomic E-state index is 0.0614. The third-order valence-electron chi connectivity index (χ3n) is 3.24. The molecule has 1 heterocycles. The molecule has 0 aromatic carbocycles. The number of likely N-dealkylation sites (N-methyl/N-ethyl adjacent to an activating group) is 1. The van der Waals surface area contributed by atoms with Crippen LogP contribution >= 0.6 is 0 Å². The molecular formula is C12H20N2O6. The van der Waals surface area contributed by atoms with Crippen LogP contribution < -0.4 is 0 Å². The van der Waals surface area contributed by atoms with Gasteiger partial charge in [-0.1, -0.05) is 6.92 Å². The maximum absolute atomic E-state index is 12.2. The third-order valence-corrected chi connectivity index (χ3v) is 3.24. The predicted octanol–water partition coefficient (Wildman–Crippen LogP) is -0.225. The van der Waals surface area contributed by atoms with Crippen LogP contribution in [0.3, 0.4) is 0 Å². The molecule has 0 aromatic heterocycles. The standard InChI is InChI=1S/C12H20N2O6/c1-4-8(10(15)16)13(2)12(18)14-5-6-20-9(7-14)11(17)19-3/h8-9H,4-7H2,1-3H3,(H,15,16). The first-order chi connectivity index (χ1) is 9.42. The number of carboxylic acid groups (broad SMARTS) is 1. The minimum atomic E-state index is -1.05. The van der Waals surface area contributed by atoms with E-state index in [4.69, 9.17) is 9.84 Å². The summed E-state index contributed by atoms with van der Waals surface area (Å²) in [6.45, 7) is 2.28. The summed E-state index contributed by atoms with van der Waals surface area (Å²) in [5, 5.41) is 9.06. The van der Waals surface area contributed by atoms with Gasteiger partial charge in [-0.25, -0.2) is 14.4 Å². The molecule has 0 radical (unpaired) electrons. The van der Waals surface area contributed by atoms with Gasteiger partial charge in [0.2, 0.25) is 0 Å². The summed E-state index contributed by atoms with van der Waals surface area (Å²) in [4.78, 5) is 37.3. The monoisotopic (exact) mass is 288 g/mol. The van der Waals surface area contributed by atoms with Gasteiger partial charge in [-0.3, -0.25) is 0 Å². The van der Waals surface area contributed by atoms with E-state index in [0.717, 1.165) is 0 Å². The largest absolute Gasteiger partial charge is 0.480 e. The number of amides is 2. The summed E-state index contributed by atoms with van der Waals surface area (Å²) in [5.74, 6) is -1.60. The van der Waals surface area contributed by atoms with Crippen molar-refractivity contribution in [1.82, 2.24) is 9.80 Å². The summed E-state index contributed by atoms with van der Waals surface area (Å²) < 4.78 is 9.80. The number of carbonyl (C=O) groups is 3. The number of rotatable bonds is 4. The second-order valence-electron chi connectivity index (χ2n) is 4.48. The van der Waals surface area contributed by atoms with Gasteiger partial charge in [-0.2, -0.15) is 0 Å². The lowest BCUT2D eigenvalue weighted by atomic mass is 10.2. The van der Waals surface area contributed by atoms with E-state index in [0.29, 0.717) is 13.0 Å². The number of hydrogen-bond acceptors (Lipinski definition) is 5. The summed E-state index contributed by atoms with van der Waals surface area (Å²) in [6.07, 6.45) is -0.515. The fourth-order valence-corrected chi connectivity index (χ4v) is 2.07. The molecule has 1 fully saturated rings. The van der Waals surface area contributed by atoms with Gasteiger partial charge in [0.25, 0.3) is 0 Å². The Kier molecular flexibility index (Phi) is 5.75. The minimum Gasteiger partial charge on any atom is -0.480 e. The Balaban J connectivity index is 2.71. The summed E-state index contributed by atoms with van der Waals surface area (Å²) in [6, 6.07) is -1.32. The van der Waals surface area contributed by atoms with Crippen LogP contribution in [0, 0.1) is 0 Å². The van der Waals surface area contributed by atoms with Crippen LogP contribution in [0.4, 0.5) is 4.79 Å². The Morgan fingerprint density at radius 1 is 1.50 bits per heavy atom. The number of nitrogens with zero attached hydrogens (tertiary/aromatic N) is 2. The molecule has 0 aliphatic carbocycles. The predicted molar refractivity (Wildman–Crippen MR) is 68.2 cm³/mol. The quantitative estimate of drug-likeness (QED) is 0.718. The van der Waals surface area contributed by atoms with Crippen molar-refractivity contribution >= 4 is 18.0 Å². The first kappa shape index (κ1) is 16.2. The highest BCUT2D eigenvalue weighted by Gasteiger charge is 2.34. The normalized spacial score (nSPS) is 20.1. The lowest BCUT2D eigenvalue weighted by Crippen LogP contribution is -2.55. The van der Waals surface area contributed by atoms with Crippen LogP contribution in [0.1, 0.15) is 13.3 Å². The second-order valence-corrected chi connectivity index (χ2v) is 4.48. The summed E-state index contributed by atoms with van der Waals surface area (Å²) in [5.41, 5.74) is 0. The van der Waals surface area contributed by atoms with E-state index in [1.165, 1.54) is 24.0 Å². The number of carboxylic acids is 1. The van der Waals surface area contributed by atoms with Gasteiger partial charge in [0, 0.05) is 13.6 Å². The Morgan fingerprint density at radius 2 is 2.15 bits per heavy atom. The van der Waals surface area contributed by atoms with E-state index in [9.17, 15) is 14.4 Å². The molecule has 1 saturated heterocycles. The van der Waals surface area contributed by atoms with Crippen molar-refractivity contribution in [2.24, 2.45) is 0 Å². The molecule has 1 aliphatic heterocycles. The van der Waals surface area contributed by atoms with Crippen molar-refractivity contribution < 1.29 is 29.0 Å². The Morgan fingerprint density at radius 3 is 2.65 bits per heavy atom. The molecule has 8 nitrogen and oxygen atoms in total. The number of methoxy groups -OCH3 is 1. The zero-order valence-corrected chi connectivity index (χ0v) is 11.9. The van der Waals surface area contributed by atoms with Gasteiger partial charge < -0.3 is 24.4 Å². The molecule has 8 heteroatoms. The Hall–Kier alpha value is -1.83. The van der Waals surface area contributed by atoms with E-state index in [1.807, 2.05) is 0 Å². The van der Waals surface area contributed by atoms with Gasteiger partial charge in [0.15, 0.2) is 6.10 Å². The molecule has 20 heavy (non-hydrogen) atoms. The summed E-state index contributed by atoms with van der Waals surface area (Å²) >= 11 is 0. The van der Waals surface area contributed by atoms with Crippen molar-refractivity contribution in [3.8, 4) is 0 Å². The molecule has 2 amide bonds. The van der Waals surface area contributed by atoms with E-state index < -0.39 is 30.1 Å². The average Bonchev–Trinajstić information content (AvgIpc) is 2.45. The molecule has 2 atom stereocenters. The van der Waals surface area contributed by atoms with Gasteiger partial charge >= 0.3 is 18.0 Å². The fourth-order valence-electron chi connectivity index (χ4n) is 2.07. The lowest BCUT2D eigenvalue weighted by Gasteiger charge is -2.35. The van der Waals surface area contributed by atoms with Gasteiger partial charge in [0.05, 0.1) is 20.3 Å². The van der Waals surface area contributed by atoms with Crippen LogP contribution in [0.2, 0.25) is 0 Å². The number of morpholine rings is 1. The molecule has 0 saturated carbocycles. The first-order valence-electron chi connectivity index (χ1n) is 6.36. The van der Waals surface area contributed by atoms with E-state index in [2.05, 4.69) is 4.74 Å². The SMILES string of the molecule is CCC(C(=O)O)N(C)C(=O)N1CCOC(C(=O)OC)C1. The van der Waals surface area contributed by atoms with Gasteiger partial charge in [0.1, 0.15) is 6.04 Å². The Bertz CT molecular complexity index is 386. The fraction of sp³-hybridized carbons (Fsp3) is 0.750. The highest BCUT2D eigenvalue weighted by Crippen LogP contribution is 2.12.